The molecule has 2 N–H and O–H groups in total. The third-order valence-electron chi connectivity index (χ3n) is 4.45. The van der Waals surface area contributed by atoms with Gasteiger partial charge in [0.25, 0.3) is 0 Å². The van der Waals surface area contributed by atoms with Crippen LogP contribution in [0.1, 0.15) is 12.5 Å². The highest BCUT2D eigenvalue weighted by Crippen LogP contribution is 2.28. The van der Waals surface area contributed by atoms with Gasteiger partial charge in [0, 0.05) is 30.6 Å². The van der Waals surface area contributed by atoms with Gasteiger partial charge in [-0.15, -0.1) is 0 Å². The van der Waals surface area contributed by atoms with Crippen LogP contribution < -0.4 is 15.4 Å². The maximum absolute atomic E-state index is 5.72. The third-order valence-corrected chi connectivity index (χ3v) is 4.45. The highest BCUT2D eigenvalue weighted by molar-refractivity contribution is 5.68. The van der Waals surface area contributed by atoms with Crippen LogP contribution >= 0.6 is 0 Å². The van der Waals surface area contributed by atoms with Crippen LogP contribution in [0.3, 0.4) is 0 Å². The molecule has 30 heavy (non-hydrogen) atoms. The topological polar surface area (TPSA) is 72.0 Å². The van der Waals surface area contributed by atoms with E-state index in [0.717, 1.165) is 34.1 Å². The zero-order valence-electron chi connectivity index (χ0n) is 16.7. The molecule has 150 valence electrons. The number of hydrogen-bond donors (Lipinski definition) is 2. The van der Waals surface area contributed by atoms with Crippen molar-refractivity contribution in [1.29, 1.82) is 0 Å². The minimum atomic E-state index is 0.501. The molecule has 0 fully saturated rings. The van der Waals surface area contributed by atoms with Crippen molar-refractivity contribution in [1.82, 2.24) is 15.0 Å². The molecule has 2 heterocycles. The summed E-state index contributed by atoms with van der Waals surface area (Å²) in [6.45, 7) is 3.19. The largest absolute Gasteiger partial charge is 0.492 e. The summed E-state index contributed by atoms with van der Waals surface area (Å²) in [5.74, 6) is 2.00. The fourth-order valence-corrected chi connectivity index (χ4v) is 3.02. The van der Waals surface area contributed by atoms with E-state index in [2.05, 4.69) is 20.6 Å². The quantitative estimate of drug-likeness (QED) is 0.421. The first kappa shape index (κ1) is 19.4. The molecule has 0 bridgehead atoms. The third kappa shape index (κ3) is 4.91. The van der Waals surface area contributed by atoms with Gasteiger partial charge in [0.05, 0.1) is 18.0 Å². The van der Waals surface area contributed by atoms with Gasteiger partial charge in [-0.1, -0.05) is 42.5 Å². The molecule has 0 amide bonds. The van der Waals surface area contributed by atoms with Crippen LogP contribution in [-0.2, 0) is 6.54 Å². The normalized spacial score (nSPS) is 10.4. The molecule has 0 aliphatic heterocycles. The molecule has 0 aliphatic carbocycles. The average Bonchev–Trinajstić information content (AvgIpc) is 2.80. The molecule has 0 aliphatic rings. The van der Waals surface area contributed by atoms with E-state index in [1.54, 1.807) is 12.4 Å². The Labute approximate surface area is 176 Å². The number of rotatable bonds is 8. The second kappa shape index (κ2) is 9.52. The highest BCUT2D eigenvalue weighted by atomic mass is 16.5. The molecule has 0 saturated heterocycles. The van der Waals surface area contributed by atoms with Crippen molar-refractivity contribution in [2.75, 3.05) is 17.2 Å². The molecular weight excluding hydrogens is 374 g/mol. The summed E-state index contributed by atoms with van der Waals surface area (Å²) in [5, 5.41) is 6.70. The Morgan fingerprint density at radius 3 is 2.43 bits per heavy atom. The molecule has 0 atom stereocenters. The van der Waals surface area contributed by atoms with Crippen molar-refractivity contribution in [2.45, 2.75) is 13.5 Å². The summed E-state index contributed by atoms with van der Waals surface area (Å²) >= 11 is 0. The molecule has 0 saturated carbocycles. The van der Waals surface area contributed by atoms with Gasteiger partial charge in [0.2, 0.25) is 5.95 Å². The number of aromatic nitrogens is 3. The standard InChI is InChI=1S/C24H23N5O/c1-2-30-22-11-7-6-10-20(22)27-24-28-21(19-8-4-3-5-9-19)16-23(29-24)26-17-18-12-14-25-15-13-18/h3-16H,2,17H2,1H3,(H2,26,27,28,29). The fourth-order valence-electron chi connectivity index (χ4n) is 3.02. The molecule has 6 nitrogen and oxygen atoms in total. The van der Waals surface area contributed by atoms with E-state index in [4.69, 9.17) is 9.72 Å². The van der Waals surface area contributed by atoms with Gasteiger partial charge in [-0.3, -0.25) is 4.98 Å². The van der Waals surface area contributed by atoms with Crippen LogP contribution in [0.15, 0.2) is 85.2 Å². The van der Waals surface area contributed by atoms with Crippen LogP contribution in [0, 0.1) is 0 Å². The van der Waals surface area contributed by atoms with Crippen LogP contribution in [0.2, 0.25) is 0 Å². The molecule has 0 spiro atoms. The van der Waals surface area contributed by atoms with Crippen LogP contribution in [0.4, 0.5) is 17.5 Å². The number of para-hydroxylation sites is 2. The number of ether oxygens (including phenoxy) is 1. The van der Waals surface area contributed by atoms with E-state index in [9.17, 15) is 0 Å². The van der Waals surface area contributed by atoms with E-state index >= 15 is 0 Å². The van der Waals surface area contributed by atoms with Gasteiger partial charge in [-0.05, 0) is 36.8 Å². The van der Waals surface area contributed by atoms with Crippen LogP contribution in [0.5, 0.6) is 5.75 Å². The van der Waals surface area contributed by atoms with E-state index in [-0.39, 0.29) is 0 Å². The lowest BCUT2D eigenvalue weighted by Gasteiger charge is -2.14. The lowest BCUT2D eigenvalue weighted by Crippen LogP contribution is -2.06. The fraction of sp³-hybridized carbons (Fsp3) is 0.125. The SMILES string of the molecule is CCOc1ccccc1Nc1nc(NCc2ccncc2)cc(-c2ccccc2)n1. The number of nitrogens with zero attached hydrogens (tertiary/aromatic N) is 3. The van der Waals surface area contributed by atoms with Crippen molar-refractivity contribution in [2.24, 2.45) is 0 Å². The lowest BCUT2D eigenvalue weighted by atomic mass is 10.1. The number of benzene rings is 2. The van der Waals surface area contributed by atoms with Crippen molar-refractivity contribution >= 4 is 17.5 Å². The summed E-state index contributed by atoms with van der Waals surface area (Å²) in [5.41, 5.74) is 3.80. The maximum atomic E-state index is 5.72. The lowest BCUT2D eigenvalue weighted by molar-refractivity contribution is 0.342. The Morgan fingerprint density at radius 1 is 0.867 bits per heavy atom. The van der Waals surface area contributed by atoms with Crippen LogP contribution in [-0.4, -0.2) is 21.6 Å². The molecule has 6 heteroatoms. The zero-order chi connectivity index (χ0) is 20.6. The van der Waals surface area contributed by atoms with Gasteiger partial charge >= 0.3 is 0 Å². The molecule has 0 unspecified atom stereocenters. The first-order chi connectivity index (χ1) is 14.8. The van der Waals surface area contributed by atoms with Gasteiger partial charge in [0.1, 0.15) is 11.6 Å². The molecular formula is C24H23N5O. The predicted molar refractivity (Wildman–Crippen MR) is 120 cm³/mol. The Morgan fingerprint density at radius 2 is 1.63 bits per heavy atom. The molecule has 4 rings (SSSR count). The summed E-state index contributed by atoms with van der Waals surface area (Å²) in [6.07, 6.45) is 3.56. The number of pyridine rings is 1. The second-order valence-electron chi connectivity index (χ2n) is 6.59. The van der Waals surface area contributed by atoms with Crippen molar-refractivity contribution in [3.05, 3.63) is 90.8 Å². The van der Waals surface area contributed by atoms with Gasteiger partial charge in [-0.2, -0.15) is 4.98 Å². The number of nitrogens with one attached hydrogen (secondary N) is 2. The number of anilines is 3. The second-order valence-corrected chi connectivity index (χ2v) is 6.59. The molecule has 2 aromatic carbocycles. The molecule has 4 aromatic rings. The Balaban J connectivity index is 1.65. The summed E-state index contributed by atoms with van der Waals surface area (Å²) < 4.78 is 5.72. The minimum Gasteiger partial charge on any atom is -0.492 e. The Kier molecular flexibility index (Phi) is 6.15. The van der Waals surface area contributed by atoms with Crippen molar-refractivity contribution in [3.63, 3.8) is 0 Å². The summed E-state index contributed by atoms with van der Waals surface area (Å²) in [6, 6.07) is 23.7. The Hall–Kier alpha value is -3.93. The van der Waals surface area contributed by atoms with E-state index in [1.807, 2.05) is 79.7 Å². The van der Waals surface area contributed by atoms with Gasteiger partial charge in [-0.25, -0.2) is 4.98 Å². The maximum Gasteiger partial charge on any atom is 0.229 e. The average molecular weight is 397 g/mol. The Bertz CT molecular complexity index is 1090. The van der Waals surface area contributed by atoms with E-state index < -0.39 is 0 Å². The van der Waals surface area contributed by atoms with Crippen molar-refractivity contribution < 1.29 is 4.74 Å². The first-order valence-corrected chi connectivity index (χ1v) is 9.88. The molecule has 0 radical (unpaired) electrons. The summed E-state index contributed by atoms with van der Waals surface area (Å²) in [4.78, 5) is 13.5. The predicted octanol–water partition coefficient (Wildman–Crippen LogP) is 5.29. The smallest absolute Gasteiger partial charge is 0.229 e. The van der Waals surface area contributed by atoms with Gasteiger partial charge < -0.3 is 15.4 Å². The monoisotopic (exact) mass is 397 g/mol. The summed E-state index contributed by atoms with van der Waals surface area (Å²) in [7, 11) is 0. The first-order valence-electron chi connectivity index (χ1n) is 9.88. The highest BCUT2D eigenvalue weighted by Gasteiger charge is 2.10. The zero-order valence-corrected chi connectivity index (χ0v) is 16.7. The van der Waals surface area contributed by atoms with Crippen LogP contribution in [0.25, 0.3) is 11.3 Å². The van der Waals surface area contributed by atoms with E-state index in [0.29, 0.717) is 19.1 Å². The van der Waals surface area contributed by atoms with E-state index in [1.165, 1.54) is 0 Å². The number of hydrogen-bond acceptors (Lipinski definition) is 6. The molecule has 2 aromatic heterocycles. The minimum absolute atomic E-state index is 0.501. The van der Waals surface area contributed by atoms with Gasteiger partial charge in [0.15, 0.2) is 0 Å². The van der Waals surface area contributed by atoms with Crippen molar-refractivity contribution in [3.8, 4) is 17.0 Å².